The molecule has 3 N–H and O–H groups in total. The maximum absolute atomic E-state index is 11.0. The fourth-order valence-corrected chi connectivity index (χ4v) is 2.40. The number of carbonyl (C=O) groups excluding carboxylic acids is 2. The van der Waals surface area contributed by atoms with Gasteiger partial charge in [-0.2, -0.15) is 0 Å². The molecule has 1 aliphatic carbocycles. The van der Waals surface area contributed by atoms with Crippen molar-refractivity contribution >= 4 is 11.8 Å². The molecule has 0 saturated heterocycles. The Morgan fingerprint density at radius 1 is 1.27 bits per heavy atom. The molecule has 0 atom stereocenters. The summed E-state index contributed by atoms with van der Waals surface area (Å²) in [6.45, 7) is 2.09. The number of nitrogens with one attached hydrogen (secondary N) is 1. The second-order valence-electron chi connectivity index (χ2n) is 4.61. The van der Waals surface area contributed by atoms with Crippen LogP contribution in [0.5, 0.6) is 0 Å². The molecule has 15 heavy (non-hydrogen) atoms. The molecule has 0 unspecified atom stereocenters. The highest BCUT2D eigenvalue weighted by atomic mass is 16.1. The Balaban J connectivity index is 2.57. The molecule has 1 fully saturated rings. The molecule has 0 aromatic carbocycles. The lowest BCUT2D eigenvalue weighted by Gasteiger charge is -2.36. The second-order valence-corrected chi connectivity index (χ2v) is 4.61. The topological polar surface area (TPSA) is 72.2 Å². The van der Waals surface area contributed by atoms with E-state index in [0.717, 1.165) is 25.7 Å². The number of hydrogen-bond donors (Lipinski definition) is 2. The van der Waals surface area contributed by atoms with Gasteiger partial charge in [0.15, 0.2) is 0 Å². The third-order valence-corrected chi connectivity index (χ3v) is 3.18. The molecule has 86 valence electrons. The Labute approximate surface area is 90.6 Å². The van der Waals surface area contributed by atoms with Gasteiger partial charge in [-0.15, -0.1) is 0 Å². The molecule has 0 radical (unpaired) electrons. The average molecular weight is 212 g/mol. The van der Waals surface area contributed by atoms with Crippen LogP contribution in [0, 0.1) is 5.41 Å². The Morgan fingerprint density at radius 2 is 1.87 bits per heavy atom. The summed E-state index contributed by atoms with van der Waals surface area (Å²) in [5.74, 6) is -0.299. The van der Waals surface area contributed by atoms with Crippen LogP contribution in [0.25, 0.3) is 0 Å². The first kappa shape index (κ1) is 12.0. The molecule has 4 heteroatoms. The summed E-state index contributed by atoms with van der Waals surface area (Å²) in [7, 11) is 0. The number of amides is 2. The highest BCUT2D eigenvalue weighted by Gasteiger charge is 2.33. The van der Waals surface area contributed by atoms with E-state index in [4.69, 9.17) is 5.73 Å². The van der Waals surface area contributed by atoms with Crippen LogP contribution < -0.4 is 11.1 Å². The highest BCUT2D eigenvalue weighted by molar-refractivity contribution is 5.75. The zero-order valence-corrected chi connectivity index (χ0v) is 9.34. The number of hydrogen-bond acceptors (Lipinski definition) is 2. The lowest BCUT2D eigenvalue weighted by molar-refractivity contribution is -0.123. The van der Waals surface area contributed by atoms with Crippen LogP contribution in [0.3, 0.4) is 0 Å². The number of nitrogens with two attached hydrogens (primary N) is 1. The van der Waals surface area contributed by atoms with Crippen molar-refractivity contribution < 1.29 is 9.59 Å². The molecule has 1 aliphatic rings. The maximum Gasteiger partial charge on any atom is 0.218 e. The van der Waals surface area contributed by atoms with E-state index in [9.17, 15) is 9.59 Å². The monoisotopic (exact) mass is 212 g/mol. The van der Waals surface area contributed by atoms with E-state index >= 15 is 0 Å². The molecule has 0 aromatic rings. The summed E-state index contributed by atoms with van der Waals surface area (Å²) >= 11 is 0. The van der Waals surface area contributed by atoms with Crippen LogP contribution in [0.1, 0.15) is 45.4 Å². The maximum atomic E-state index is 11.0. The van der Waals surface area contributed by atoms with Crippen LogP contribution >= 0.6 is 0 Å². The Kier molecular flexibility index (Phi) is 4.12. The lowest BCUT2D eigenvalue weighted by atomic mass is 9.71. The van der Waals surface area contributed by atoms with Crippen LogP contribution in [-0.4, -0.2) is 18.4 Å². The van der Waals surface area contributed by atoms with Gasteiger partial charge in [0, 0.05) is 19.9 Å². The Bertz CT molecular complexity index is 245. The molecule has 0 bridgehead atoms. The van der Waals surface area contributed by atoms with E-state index in [-0.39, 0.29) is 17.2 Å². The molecular formula is C11H20N2O2. The molecule has 2 amide bonds. The zero-order chi connectivity index (χ0) is 11.3. The first-order valence-electron chi connectivity index (χ1n) is 5.57. The van der Waals surface area contributed by atoms with Crippen molar-refractivity contribution in [3.8, 4) is 0 Å². The fourth-order valence-electron chi connectivity index (χ4n) is 2.40. The summed E-state index contributed by atoms with van der Waals surface area (Å²) < 4.78 is 0. The van der Waals surface area contributed by atoms with Gasteiger partial charge in [0.1, 0.15) is 0 Å². The van der Waals surface area contributed by atoms with Crippen molar-refractivity contribution in [2.24, 2.45) is 11.1 Å². The smallest absolute Gasteiger partial charge is 0.218 e. The van der Waals surface area contributed by atoms with E-state index in [1.807, 2.05) is 0 Å². The number of primary amides is 1. The van der Waals surface area contributed by atoms with Gasteiger partial charge in [0.2, 0.25) is 11.8 Å². The summed E-state index contributed by atoms with van der Waals surface area (Å²) in [5, 5.41) is 2.81. The average Bonchev–Trinajstić information content (AvgIpc) is 2.15. The molecule has 0 heterocycles. The third-order valence-electron chi connectivity index (χ3n) is 3.18. The third kappa shape index (κ3) is 3.90. The second kappa shape index (κ2) is 5.14. The largest absolute Gasteiger partial charge is 0.370 e. The van der Waals surface area contributed by atoms with Crippen LogP contribution in [0.2, 0.25) is 0 Å². The molecule has 0 aliphatic heterocycles. The van der Waals surface area contributed by atoms with E-state index in [1.54, 1.807) is 0 Å². The normalized spacial score (nSPS) is 19.5. The van der Waals surface area contributed by atoms with Gasteiger partial charge >= 0.3 is 0 Å². The number of rotatable bonds is 4. The first-order valence-corrected chi connectivity index (χ1v) is 5.57. The van der Waals surface area contributed by atoms with Gasteiger partial charge in [0.25, 0.3) is 0 Å². The molecule has 4 nitrogen and oxygen atoms in total. The molecule has 0 aromatic heterocycles. The van der Waals surface area contributed by atoms with Gasteiger partial charge in [-0.05, 0) is 18.3 Å². The Morgan fingerprint density at radius 3 is 2.33 bits per heavy atom. The molecule has 0 spiro atoms. The first-order chi connectivity index (χ1) is 7.04. The summed E-state index contributed by atoms with van der Waals surface area (Å²) in [5.41, 5.74) is 5.19. The van der Waals surface area contributed by atoms with E-state index in [1.165, 1.54) is 13.3 Å². The van der Waals surface area contributed by atoms with Crippen LogP contribution in [0.15, 0.2) is 0 Å². The standard InChI is InChI=1S/C11H20N2O2/c1-9(14)13-8-11(7-10(12)15)5-3-2-4-6-11/h2-8H2,1H3,(H2,12,15)(H,13,14). The van der Waals surface area contributed by atoms with Crippen molar-refractivity contribution in [3.05, 3.63) is 0 Å². The van der Waals surface area contributed by atoms with E-state index in [0.29, 0.717) is 13.0 Å². The SMILES string of the molecule is CC(=O)NCC1(CC(N)=O)CCCCC1. The van der Waals surface area contributed by atoms with Crippen molar-refractivity contribution in [2.45, 2.75) is 45.4 Å². The van der Waals surface area contributed by atoms with Crippen molar-refractivity contribution in [2.75, 3.05) is 6.54 Å². The summed E-state index contributed by atoms with van der Waals surface area (Å²) in [6.07, 6.45) is 5.88. The van der Waals surface area contributed by atoms with Crippen LogP contribution in [-0.2, 0) is 9.59 Å². The van der Waals surface area contributed by atoms with Gasteiger partial charge in [-0.25, -0.2) is 0 Å². The van der Waals surface area contributed by atoms with E-state index in [2.05, 4.69) is 5.32 Å². The number of carbonyl (C=O) groups is 2. The molecule has 1 rings (SSSR count). The summed E-state index contributed by atoms with van der Waals surface area (Å²) in [4.78, 5) is 21.9. The predicted octanol–water partition coefficient (Wildman–Crippen LogP) is 0.948. The summed E-state index contributed by atoms with van der Waals surface area (Å²) in [6, 6.07) is 0. The fraction of sp³-hybridized carbons (Fsp3) is 0.818. The van der Waals surface area contributed by atoms with Gasteiger partial charge in [-0.3, -0.25) is 9.59 Å². The van der Waals surface area contributed by atoms with Gasteiger partial charge < -0.3 is 11.1 Å². The quantitative estimate of drug-likeness (QED) is 0.728. The minimum Gasteiger partial charge on any atom is -0.370 e. The van der Waals surface area contributed by atoms with Crippen LogP contribution in [0.4, 0.5) is 0 Å². The zero-order valence-electron chi connectivity index (χ0n) is 9.34. The van der Waals surface area contributed by atoms with Gasteiger partial charge in [0.05, 0.1) is 0 Å². The van der Waals surface area contributed by atoms with Crippen molar-refractivity contribution in [1.82, 2.24) is 5.32 Å². The minimum absolute atomic E-state index is 0.0376. The van der Waals surface area contributed by atoms with E-state index < -0.39 is 0 Å². The lowest BCUT2D eigenvalue weighted by Crippen LogP contribution is -2.40. The molecular weight excluding hydrogens is 192 g/mol. The van der Waals surface area contributed by atoms with Crippen molar-refractivity contribution in [3.63, 3.8) is 0 Å². The minimum atomic E-state index is -0.262. The highest BCUT2D eigenvalue weighted by Crippen LogP contribution is 2.38. The Hall–Kier alpha value is -1.06. The van der Waals surface area contributed by atoms with Crippen molar-refractivity contribution in [1.29, 1.82) is 0 Å². The van der Waals surface area contributed by atoms with Gasteiger partial charge in [-0.1, -0.05) is 19.3 Å². The molecule has 1 saturated carbocycles. The predicted molar refractivity (Wildman–Crippen MR) is 58.0 cm³/mol.